The number of carbonyl (C=O) groups is 2. The largest absolute Gasteiger partial charge is 0.460 e. The molecule has 0 heterocycles. The van der Waals surface area contributed by atoms with Crippen LogP contribution in [-0.4, -0.2) is 18.4 Å². The van der Waals surface area contributed by atoms with Crippen molar-refractivity contribution in [3.8, 4) is 0 Å². The van der Waals surface area contributed by atoms with Gasteiger partial charge in [-0.2, -0.15) is 13.2 Å². The molecule has 2 aromatic rings. The Morgan fingerprint density at radius 3 is 2.16 bits per heavy atom. The first-order valence-corrected chi connectivity index (χ1v) is 7.49. The molecule has 0 bridgehead atoms. The van der Waals surface area contributed by atoms with Gasteiger partial charge >= 0.3 is 12.1 Å². The zero-order chi connectivity index (χ0) is 18.4. The van der Waals surface area contributed by atoms with E-state index in [0.717, 1.165) is 29.8 Å². The second kappa shape index (κ2) is 8.02. The van der Waals surface area contributed by atoms with Crippen LogP contribution in [-0.2, 0) is 22.3 Å². The topological polar surface area (TPSA) is 55.4 Å². The van der Waals surface area contributed by atoms with Crippen molar-refractivity contribution in [1.29, 1.82) is 0 Å². The van der Waals surface area contributed by atoms with Crippen LogP contribution < -0.4 is 5.32 Å². The normalized spacial score (nSPS) is 11.0. The highest BCUT2D eigenvalue weighted by atomic mass is 35.5. The summed E-state index contributed by atoms with van der Waals surface area (Å²) in [5, 5.41) is 2.84. The van der Waals surface area contributed by atoms with Crippen LogP contribution in [0.4, 0.5) is 13.2 Å². The Morgan fingerprint density at radius 2 is 1.60 bits per heavy atom. The smallest absolute Gasteiger partial charge is 0.416 e. The number of amides is 1. The summed E-state index contributed by atoms with van der Waals surface area (Å²) < 4.78 is 42.3. The second-order valence-electron chi connectivity index (χ2n) is 5.04. The quantitative estimate of drug-likeness (QED) is 0.813. The van der Waals surface area contributed by atoms with Gasteiger partial charge in [0, 0.05) is 10.6 Å². The molecule has 0 fully saturated rings. The molecular formula is C17H13ClF3NO3. The molecule has 0 aliphatic rings. The SMILES string of the molecule is O=C(CNC(=O)c1ccc(C(F)(F)F)cc1)OCc1ccc(Cl)cc1. The molecule has 0 aliphatic carbocycles. The van der Waals surface area contributed by atoms with Gasteiger partial charge < -0.3 is 10.1 Å². The summed E-state index contributed by atoms with van der Waals surface area (Å²) in [7, 11) is 0. The summed E-state index contributed by atoms with van der Waals surface area (Å²) in [6.07, 6.45) is -4.47. The van der Waals surface area contributed by atoms with Gasteiger partial charge in [-0.1, -0.05) is 23.7 Å². The fourth-order valence-corrected chi connectivity index (χ4v) is 1.99. The fourth-order valence-electron chi connectivity index (χ4n) is 1.86. The van der Waals surface area contributed by atoms with E-state index < -0.39 is 30.2 Å². The van der Waals surface area contributed by atoms with Crippen LogP contribution in [0.5, 0.6) is 0 Å². The third-order valence-corrected chi connectivity index (χ3v) is 3.43. The van der Waals surface area contributed by atoms with E-state index in [0.29, 0.717) is 5.02 Å². The molecule has 2 aromatic carbocycles. The maximum Gasteiger partial charge on any atom is 0.416 e. The van der Waals surface area contributed by atoms with Crippen molar-refractivity contribution in [3.05, 3.63) is 70.2 Å². The van der Waals surface area contributed by atoms with E-state index >= 15 is 0 Å². The van der Waals surface area contributed by atoms with Crippen LogP contribution >= 0.6 is 11.6 Å². The Morgan fingerprint density at radius 1 is 1.00 bits per heavy atom. The van der Waals surface area contributed by atoms with Crippen molar-refractivity contribution >= 4 is 23.5 Å². The lowest BCUT2D eigenvalue weighted by atomic mass is 10.1. The molecule has 1 N–H and O–H groups in total. The van der Waals surface area contributed by atoms with Crippen LogP contribution in [0.25, 0.3) is 0 Å². The van der Waals surface area contributed by atoms with E-state index in [2.05, 4.69) is 5.32 Å². The van der Waals surface area contributed by atoms with Gasteiger partial charge in [-0.05, 0) is 42.0 Å². The third-order valence-electron chi connectivity index (χ3n) is 3.18. The molecule has 4 nitrogen and oxygen atoms in total. The number of alkyl halides is 3. The molecule has 0 unspecified atom stereocenters. The molecule has 1 amide bonds. The minimum Gasteiger partial charge on any atom is -0.460 e. The maximum atomic E-state index is 12.5. The number of benzene rings is 2. The maximum absolute atomic E-state index is 12.5. The van der Waals surface area contributed by atoms with Crippen molar-refractivity contribution in [3.63, 3.8) is 0 Å². The van der Waals surface area contributed by atoms with E-state index in [1.807, 2.05) is 0 Å². The standard InChI is InChI=1S/C17H13ClF3NO3/c18-14-7-1-11(2-8-14)10-25-15(23)9-22-16(24)12-3-5-13(6-4-12)17(19,20)21/h1-8H,9-10H2,(H,22,24). The summed E-state index contributed by atoms with van der Waals surface area (Å²) in [5.74, 6) is -1.34. The second-order valence-corrected chi connectivity index (χ2v) is 5.48. The van der Waals surface area contributed by atoms with Crippen molar-refractivity contribution in [2.45, 2.75) is 12.8 Å². The molecule has 0 atom stereocenters. The first-order chi connectivity index (χ1) is 11.8. The zero-order valence-electron chi connectivity index (χ0n) is 12.8. The minimum absolute atomic E-state index is 0.0125. The Bertz CT molecular complexity index is 743. The van der Waals surface area contributed by atoms with Gasteiger partial charge in [0.25, 0.3) is 5.91 Å². The summed E-state index contributed by atoms with van der Waals surface area (Å²) >= 11 is 5.73. The number of carbonyl (C=O) groups excluding carboxylic acids is 2. The zero-order valence-corrected chi connectivity index (χ0v) is 13.5. The van der Waals surface area contributed by atoms with E-state index in [1.54, 1.807) is 24.3 Å². The average Bonchev–Trinajstić information content (AvgIpc) is 2.58. The summed E-state index contributed by atoms with van der Waals surface area (Å²) in [6, 6.07) is 10.4. The summed E-state index contributed by atoms with van der Waals surface area (Å²) in [6.45, 7) is -0.375. The number of ether oxygens (including phenoxy) is 1. The predicted molar refractivity (Wildman–Crippen MR) is 85.0 cm³/mol. The molecule has 25 heavy (non-hydrogen) atoms. The molecule has 0 radical (unpaired) electrons. The van der Waals surface area contributed by atoms with E-state index in [9.17, 15) is 22.8 Å². The molecule has 8 heteroatoms. The van der Waals surface area contributed by atoms with Crippen molar-refractivity contribution < 1.29 is 27.5 Å². The highest BCUT2D eigenvalue weighted by molar-refractivity contribution is 6.30. The number of esters is 1. The van der Waals surface area contributed by atoms with Crippen molar-refractivity contribution in [2.24, 2.45) is 0 Å². The van der Waals surface area contributed by atoms with Gasteiger partial charge in [0.1, 0.15) is 13.2 Å². The lowest BCUT2D eigenvalue weighted by Gasteiger charge is -2.09. The Labute approximate surface area is 146 Å². The number of nitrogens with one attached hydrogen (secondary N) is 1. The minimum atomic E-state index is -4.47. The first-order valence-electron chi connectivity index (χ1n) is 7.11. The van der Waals surface area contributed by atoms with Crippen LogP contribution in [0.15, 0.2) is 48.5 Å². The Balaban J connectivity index is 1.80. The van der Waals surface area contributed by atoms with Gasteiger partial charge in [-0.3, -0.25) is 9.59 Å². The van der Waals surface area contributed by atoms with Gasteiger partial charge in [0.2, 0.25) is 0 Å². The van der Waals surface area contributed by atoms with Crippen LogP contribution in [0.3, 0.4) is 0 Å². The molecule has 0 spiro atoms. The first kappa shape index (κ1) is 18.8. The average molecular weight is 372 g/mol. The van der Waals surface area contributed by atoms with Crippen LogP contribution in [0, 0.1) is 0 Å². The lowest BCUT2D eigenvalue weighted by Crippen LogP contribution is -2.30. The third kappa shape index (κ3) is 5.79. The van der Waals surface area contributed by atoms with Gasteiger partial charge in [0.05, 0.1) is 5.56 Å². The van der Waals surface area contributed by atoms with Crippen molar-refractivity contribution in [1.82, 2.24) is 5.32 Å². The predicted octanol–water partition coefficient (Wildman–Crippen LogP) is 3.83. The van der Waals surface area contributed by atoms with E-state index in [1.165, 1.54) is 0 Å². The van der Waals surface area contributed by atoms with Crippen molar-refractivity contribution in [2.75, 3.05) is 6.54 Å². The van der Waals surface area contributed by atoms with Gasteiger partial charge in [0.15, 0.2) is 0 Å². The molecule has 132 valence electrons. The number of rotatable bonds is 5. The van der Waals surface area contributed by atoms with Crippen LogP contribution in [0.2, 0.25) is 5.02 Å². The molecule has 0 saturated heterocycles. The fraction of sp³-hybridized carbons (Fsp3) is 0.176. The Hall–Kier alpha value is -2.54. The summed E-state index contributed by atoms with van der Waals surface area (Å²) in [4.78, 5) is 23.4. The lowest BCUT2D eigenvalue weighted by molar-refractivity contribution is -0.143. The number of hydrogen-bond acceptors (Lipinski definition) is 3. The molecule has 2 rings (SSSR count). The number of halogens is 4. The monoisotopic (exact) mass is 371 g/mol. The highest BCUT2D eigenvalue weighted by Crippen LogP contribution is 2.29. The van der Waals surface area contributed by atoms with Gasteiger partial charge in [-0.15, -0.1) is 0 Å². The number of hydrogen-bond donors (Lipinski definition) is 1. The van der Waals surface area contributed by atoms with Crippen LogP contribution in [0.1, 0.15) is 21.5 Å². The molecule has 0 aromatic heterocycles. The highest BCUT2D eigenvalue weighted by Gasteiger charge is 2.30. The Kier molecular flexibility index (Phi) is 6.03. The molecular weight excluding hydrogens is 359 g/mol. The summed E-state index contributed by atoms with van der Waals surface area (Å²) in [5.41, 5.74) is -0.114. The molecule has 0 aliphatic heterocycles. The van der Waals surface area contributed by atoms with Gasteiger partial charge in [-0.25, -0.2) is 0 Å². The van der Waals surface area contributed by atoms with E-state index in [4.69, 9.17) is 16.3 Å². The van der Waals surface area contributed by atoms with E-state index in [-0.39, 0.29) is 12.2 Å². The molecule has 0 saturated carbocycles.